The predicted molar refractivity (Wildman–Crippen MR) is 104 cm³/mol. The lowest BCUT2D eigenvalue weighted by Gasteiger charge is -2.25. The summed E-state index contributed by atoms with van der Waals surface area (Å²) in [6.07, 6.45) is 1.92. The minimum absolute atomic E-state index is 0.131. The molecule has 1 unspecified atom stereocenters. The van der Waals surface area contributed by atoms with Crippen LogP contribution in [0.2, 0.25) is 0 Å². The Morgan fingerprint density at radius 2 is 1.86 bits per heavy atom. The number of rotatable bonds is 4. The molecule has 148 valence electrons. The van der Waals surface area contributed by atoms with Crippen molar-refractivity contribution in [2.24, 2.45) is 0 Å². The maximum Gasteiger partial charge on any atom is 0.325 e. The monoisotopic (exact) mass is 394 g/mol. The summed E-state index contributed by atoms with van der Waals surface area (Å²) in [7, 11) is 0. The Bertz CT molecular complexity index is 1190. The van der Waals surface area contributed by atoms with E-state index in [2.05, 4.69) is 10.3 Å². The molecule has 0 aliphatic carbocycles. The van der Waals surface area contributed by atoms with Gasteiger partial charge in [0, 0.05) is 12.3 Å². The van der Waals surface area contributed by atoms with E-state index in [4.69, 9.17) is 0 Å². The van der Waals surface area contributed by atoms with E-state index in [0.717, 1.165) is 10.5 Å². The van der Waals surface area contributed by atoms with Gasteiger partial charge in [-0.2, -0.15) is 0 Å². The lowest BCUT2D eigenvalue weighted by molar-refractivity contribution is -0.132. The van der Waals surface area contributed by atoms with Gasteiger partial charge in [0.15, 0.2) is 0 Å². The molecule has 7 nitrogen and oxygen atoms in total. The van der Waals surface area contributed by atoms with Gasteiger partial charge in [0.1, 0.15) is 17.0 Å². The Labute approximate surface area is 165 Å². The van der Waals surface area contributed by atoms with E-state index in [1.165, 1.54) is 34.7 Å². The fraction of sp³-hybridized carbons (Fsp3) is 0.238. The molecular formula is C21H19FN4O3. The summed E-state index contributed by atoms with van der Waals surface area (Å²) >= 11 is 0. The summed E-state index contributed by atoms with van der Waals surface area (Å²) in [5, 5.41) is 2.74. The van der Waals surface area contributed by atoms with Crippen LogP contribution in [-0.4, -0.2) is 26.2 Å². The number of hydrogen-bond acceptors (Lipinski definition) is 4. The van der Waals surface area contributed by atoms with E-state index in [9.17, 15) is 18.8 Å². The van der Waals surface area contributed by atoms with Crippen LogP contribution in [0, 0.1) is 12.7 Å². The topological polar surface area (TPSA) is 83.8 Å². The first-order valence-corrected chi connectivity index (χ1v) is 9.24. The normalized spacial score (nSPS) is 19.1. The van der Waals surface area contributed by atoms with Crippen molar-refractivity contribution in [3.05, 3.63) is 81.7 Å². The van der Waals surface area contributed by atoms with Crippen LogP contribution in [0.4, 0.5) is 9.18 Å². The van der Waals surface area contributed by atoms with Gasteiger partial charge in [-0.05, 0) is 42.7 Å². The Kier molecular flexibility index (Phi) is 4.41. The first-order valence-electron chi connectivity index (χ1n) is 9.24. The first-order chi connectivity index (χ1) is 13.9. The molecule has 2 aromatic heterocycles. The number of aromatic nitrogens is 2. The molecule has 1 fully saturated rings. The summed E-state index contributed by atoms with van der Waals surface area (Å²) in [6.45, 7) is 3.47. The second-order valence-corrected chi connectivity index (χ2v) is 7.06. The highest BCUT2D eigenvalue weighted by molar-refractivity contribution is 6.07. The highest BCUT2D eigenvalue weighted by atomic mass is 19.1. The van der Waals surface area contributed by atoms with Crippen LogP contribution in [0.1, 0.15) is 30.2 Å². The van der Waals surface area contributed by atoms with E-state index < -0.39 is 23.3 Å². The van der Waals surface area contributed by atoms with E-state index in [0.29, 0.717) is 23.3 Å². The van der Waals surface area contributed by atoms with Crippen molar-refractivity contribution < 1.29 is 14.0 Å². The standard InChI is InChI=1S/C21H19FN4O3/c1-3-21(14-6-8-15(22)9-7-14)19(28)26(20(29)24-21)12-16-11-17(27)25-10-4-5-13(2)18(25)23-16/h4-11H,3,12H2,1-2H3,(H,24,29). The summed E-state index contributed by atoms with van der Waals surface area (Å²) < 4.78 is 14.7. The molecule has 3 amide bonds. The number of hydrogen-bond donors (Lipinski definition) is 1. The van der Waals surface area contributed by atoms with Crippen LogP contribution >= 0.6 is 0 Å². The number of pyridine rings is 1. The maximum atomic E-state index is 13.3. The lowest BCUT2D eigenvalue weighted by Crippen LogP contribution is -2.43. The van der Waals surface area contributed by atoms with Gasteiger partial charge in [0.05, 0.1) is 12.2 Å². The molecule has 3 heterocycles. The van der Waals surface area contributed by atoms with E-state index in [1.807, 2.05) is 13.0 Å². The second-order valence-electron chi connectivity index (χ2n) is 7.06. The SMILES string of the molecule is CCC1(c2ccc(F)cc2)NC(=O)N(Cc2cc(=O)n3cccc(C)c3n2)C1=O. The molecule has 1 aliphatic rings. The fourth-order valence-corrected chi connectivity index (χ4v) is 3.70. The molecular weight excluding hydrogens is 375 g/mol. The summed E-state index contributed by atoms with van der Waals surface area (Å²) in [5.41, 5.74) is 0.539. The van der Waals surface area contributed by atoms with E-state index in [1.54, 1.807) is 19.2 Å². The summed E-state index contributed by atoms with van der Waals surface area (Å²) in [5.74, 6) is -0.881. The van der Waals surface area contributed by atoms with Gasteiger partial charge in [0.2, 0.25) is 0 Å². The number of nitrogens with zero attached hydrogens (tertiary/aromatic N) is 3. The van der Waals surface area contributed by atoms with Gasteiger partial charge in [-0.25, -0.2) is 14.2 Å². The first kappa shape index (κ1) is 18.8. The van der Waals surface area contributed by atoms with E-state index >= 15 is 0 Å². The van der Waals surface area contributed by atoms with E-state index in [-0.39, 0.29) is 12.1 Å². The number of urea groups is 1. The second kappa shape index (κ2) is 6.80. The average Bonchev–Trinajstić information content (AvgIpc) is 2.94. The molecule has 1 N–H and O–H groups in total. The lowest BCUT2D eigenvalue weighted by atomic mass is 9.87. The third-order valence-corrected chi connectivity index (χ3v) is 5.30. The van der Waals surface area contributed by atoms with Crippen molar-refractivity contribution in [3.63, 3.8) is 0 Å². The van der Waals surface area contributed by atoms with Crippen LogP contribution in [0.5, 0.6) is 0 Å². The summed E-state index contributed by atoms with van der Waals surface area (Å²) in [4.78, 5) is 43.8. The largest absolute Gasteiger partial charge is 0.325 e. The molecule has 1 aliphatic heterocycles. The Balaban J connectivity index is 1.71. The number of imide groups is 1. The van der Waals surface area contributed by atoms with Crippen LogP contribution < -0.4 is 10.9 Å². The molecule has 1 aromatic carbocycles. The third-order valence-electron chi connectivity index (χ3n) is 5.30. The quantitative estimate of drug-likeness (QED) is 0.689. The highest BCUT2D eigenvalue weighted by Gasteiger charge is 2.51. The average molecular weight is 394 g/mol. The molecule has 0 radical (unpaired) electrons. The molecule has 1 saturated heterocycles. The van der Waals surface area contributed by atoms with Crippen molar-refractivity contribution >= 4 is 17.6 Å². The van der Waals surface area contributed by atoms with Crippen LogP contribution in [-0.2, 0) is 16.9 Å². The molecule has 3 aromatic rings. The molecule has 0 saturated carbocycles. The zero-order valence-electron chi connectivity index (χ0n) is 16.0. The number of carbonyl (C=O) groups is 2. The highest BCUT2D eigenvalue weighted by Crippen LogP contribution is 2.33. The Hall–Kier alpha value is -3.55. The van der Waals surface area contributed by atoms with Gasteiger partial charge in [-0.15, -0.1) is 0 Å². The van der Waals surface area contributed by atoms with Crippen molar-refractivity contribution in [2.75, 3.05) is 0 Å². The maximum absolute atomic E-state index is 13.3. The molecule has 0 bridgehead atoms. The Morgan fingerprint density at radius 3 is 2.55 bits per heavy atom. The van der Waals surface area contributed by atoms with Crippen LogP contribution in [0.15, 0.2) is 53.5 Å². The summed E-state index contributed by atoms with van der Waals surface area (Å²) in [6, 6.07) is 9.81. The van der Waals surface area contributed by atoms with Crippen LogP contribution in [0.3, 0.4) is 0 Å². The zero-order chi connectivity index (χ0) is 20.8. The van der Waals surface area contributed by atoms with Crippen molar-refractivity contribution in [3.8, 4) is 0 Å². The number of amides is 3. The third kappa shape index (κ3) is 2.97. The number of fused-ring (bicyclic) bond motifs is 1. The number of aryl methyl sites for hydroxylation is 1. The number of halogens is 1. The van der Waals surface area contributed by atoms with Gasteiger partial charge in [0.25, 0.3) is 11.5 Å². The Morgan fingerprint density at radius 1 is 1.14 bits per heavy atom. The van der Waals surface area contributed by atoms with Gasteiger partial charge in [-0.1, -0.05) is 25.1 Å². The number of carbonyl (C=O) groups excluding carboxylic acids is 2. The molecule has 0 spiro atoms. The molecule has 8 heteroatoms. The van der Waals surface area contributed by atoms with Crippen LogP contribution in [0.25, 0.3) is 5.65 Å². The number of nitrogens with one attached hydrogen (secondary N) is 1. The van der Waals surface area contributed by atoms with Gasteiger partial charge < -0.3 is 5.32 Å². The minimum atomic E-state index is -1.27. The number of benzene rings is 1. The van der Waals surface area contributed by atoms with Gasteiger partial charge in [-0.3, -0.25) is 18.9 Å². The van der Waals surface area contributed by atoms with Crippen molar-refractivity contribution in [2.45, 2.75) is 32.4 Å². The zero-order valence-corrected chi connectivity index (χ0v) is 16.0. The smallest absolute Gasteiger partial charge is 0.319 e. The predicted octanol–water partition coefficient (Wildman–Crippen LogP) is 2.50. The molecule has 1 atom stereocenters. The van der Waals surface area contributed by atoms with Crippen molar-refractivity contribution in [1.82, 2.24) is 19.6 Å². The molecule has 4 rings (SSSR count). The van der Waals surface area contributed by atoms with Crippen molar-refractivity contribution in [1.29, 1.82) is 0 Å². The minimum Gasteiger partial charge on any atom is -0.319 e. The van der Waals surface area contributed by atoms with Gasteiger partial charge >= 0.3 is 6.03 Å². The molecule has 29 heavy (non-hydrogen) atoms. The fourth-order valence-electron chi connectivity index (χ4n) is 3.70.